The molecule has 1 unspecified atom stereocenters. The third-order valence-corrected chi connectivity index (χ3v) is 4.59. The van der Waals surface area contributed by atoms with E-state index in [1.807, 2.05) is 45.9 Å². The Bertz CT molecular complexity index is 905. The molecule has 0 amide bonds. The van der Waals surface area contributed by atoms with Crippen LogP contribution in [0.15, 0.2) is 77.6 Å². The lowest BCUT2D eigenvalue weighted by atomic mass is 9.77. The van der Waals surface area contributed by atoms with Gasteiger partial charge in [-0.15, -0.1) is 0 Å². The van der Waals surface area contributed by atoms with Gasteiger partial charge in [-0.1, -0.05) is 43.0 Å². The molecule has 1 N–H and O–H groups in total. The van der Waals surface area contributed by atoms with Crippen LogP contribution in [0.4, 0.5) is 0 Å². The minimum absolute atomic E-state index is 0.0967. The molecule has 1 atom stereocenters. The van der Waals surface area contributed by atoms with Gasteiger partial charge in [-0.3, -0.25) is 4.79 Å². The minimum Gasteiger partial charge on any atom is -0.508 e. The van der Waals surface area contributed by atoms with Crippen LogP contribution >= 0.6 is 0 Å². The van der Waals surface area contributed by atoms with E-state index in [9.17, 15) is 9.90 Å². The fourth-order valence-electron chi connectivity index (χ4n) is 3.03. The number of hydrogen-bond donors (Lipinski definition) is 1. The maximum Gasteiger partial charge on any atom is 0.157 e. The first-order chi connectivity index (χ1) is 12.7. The highest BCUT2D eigenvalue weighted by Gasteiger charge is 2.28. The second-order valence-corrected chi connectivity index (χ2v) is 6.55. The van der Waals surface area contributed by atoms with Crippen molar-refractivity contribution in [1.82, 2.24) is 0 Å². The lowest BCUT2D eigenvalue weighted by Crippen LogP contribution is -2.16. The zero-order chi connectivity index (χ0) is 20.7. The molecule has 0 fully saturated rings. The van der Waals surface area contributed by atoms with Gasteiger partial charge < -0.3 is 5.11 Å². The maximum atomic E-state index is 12.6. The molecular formula is C24H27NO2. The summed E-state index contributed by atoms with van der Waals surface area (Å²) in [5.74, 6) is -0.715. The van der Waals surface area contributed by atoms with E-state index >= 15 is 0 Å². The third-order valence-electron chi connectivity index (χ3n) is 4.59. The minimum atomic E-state index is -0.513. The number of nitriles is 1. The van der Waals surface area contributed by atoms with Gasteiger partial charge >= 0.3 is 0 Å². The van der Waals surface area contributed by atoms with Crippen molar-refractivity contribution in [3.05, 3.63) is 94.3 Å². The number of allylic oxidation sites excluding steroid dienone is 7. The Morgan fingerprint density at radius 1 is 1.30 bits per heavy atom. The molecule has 0 saturated heterocycles. The fourth-order valence-corrected chi connectivity index (χ4v) is 3.03. The molecule has 3 heteroatoms. The van der Waals surface area contributed by atoms with E-state index < -0.39 is 5.92 Å². The van der Waals surface area contributed by atoms with Crippen LogP contribution in [0.5, 0.6) is 0 Å². The van der Waals surface area contributed by atoms with Gasteiger partial charge in [-0.2, -0.15) is 5.26 Å². The molecule has 0 bridgehead atoms. The Morgan fingerprint density at radius 3 is 2.33 bits per heavy atom. The molecule has 0 aliphatic heterocycles. The summed E-state index contributed by atoms with van der Waals surface area (Å²) in [5, 5.41) is 19.5. The number of carbonyl (C=O) groups is 1. The molecule has 0 aromatic heterocycles. The van der Waals surface area contributed by atoms with Gasteiger partial charge in [0, 0.05) is 17.1 Å². The van der Waals surface area contributed by atoms with Gasteiger partial charge in [-0.05, 0) is 63.5 Å². The number of carbonyl (C=O) groups excluding carboxylic acids is 1. The Kier molecular flexibility index (Phi) is 7.75. The molecule has 1 aromatic rings. The summed E-state index contributed by atoms with van der Waals surface area (Å²) in [6.07, 6.45) is 5.40. The van der Waals surface area contributed by atoms with Crippen molar-refractivity contribution >= 4 is 5.78 Å². The van der Waals surface area contributed by atoms with Crippen molar-refractivity contribution in [3.8, 4) is 6.07 Å². The molecule has 0 spiro atoms. The van der Waals surface area contributed by atoms with E-state index in [1.54, 1.807) is 18.2 Å². The molecule has 1 rings (SSSR count). The standard InChI is InChI=1S/C24H27NO2/c1-8-15(3)12-22(18(6)26)24(23(19(7)27)16(4)9-2)21-11-10-20(14-25)13-17(21)5/h8-13,24,26H,2,6H2,1,3-5,7H3/b15-8-,22-12+,23-16-. The topological polar surface area (TPSA) is 61.1 Å². The van der Waals surface area contributed by atoms with Crippen LogP contribution in [0.2, 0.25) is 0 Å². The lowest BCUT2D eigenvalue weighted by molar-refractivity contribution is -0.113. The molecule has 0 heterocycles. The van der Waals surface area contributed by atoms with E-state index in [2.05, 4.69) is 19.2 Å². The highest BCUT2D eigenvalue weighted by Crippen LogP contribution is 2.39. The number of aliphatic hydroxyl groups excluding tert-OH is 1. The molecule has 0 aliphatic carbocycles. The van der Waals surface area contributed by atoms with Crippen LogP contribution in [-0.2, 0) is 4.79 Å². The van der Waals surface area contributed by atoms with Gasteiger partial charge in [0.2, 0.25) is 0 Å². The third kappa shape index (κ3) is 5.18. The predicted octanol–water partition coefficient (Wildman–Crippen LogP) is 6.01. The summed E-state index contributed by atoms with van der Waals surface area (Å²) < 4.78 is 0. The summed E-state index contributed by atoms with van der Waals surface area (Å²) in [6.45, 7) is 16.6. The van der Waals surface area contributed by atoms with E-state index in [-0.39, 0.29) is 11.5 Å². The van der Waals surface area contributed by atoms with E-state index in [4.69, 9.17) is 5.26 Å². The molecule has 1 aromatic carbocycles. The predicted molar refractivity (Wildman–Crippen MR) is 111 cm³/mol. The number of aliphatic hydroxyl groups is 1. The first kappa shape index (κ1) is 21.9. The number of benzene rings is 1. The molecule has 27 heavy (non-hydrogen) atoms. The van der Waals surface area contributed by atoms with Gasteiger partial charge in [-0.25, -0.2) is 0 Å². The van der Waals surface area contributed by atoms with Crippen molar-refractivity contribution in [2.75, 3.05) is 0 Å². The number of Topliss-reactive ketones (excluding diaryl/α,β-unsaturated/α-hetero) is 1. The Morgan fingerprint density at radius 2 is 1.93 bits per heavy atom. The quantitative estimate of drug-likeness (QED) is 0.368. The monoisotopic (exact) mass is 361 g/mol. The second kappa shape index (κ2) is 9.54. The van der Waals surface area contributed by atoms with Crippen molar-refractivity contribution in [1.29, 1.82) is 5.26 Å². The molecule has 0 aliphatic rings. The molecule has 3 nitrogen and oxygen atoms in total. The van der Waals surface area contributed by atoms with Gasteiger partial charge in [0.05, 0.1) is 11.6 Å². The number of hydrogen-bond acceptors (Lipinski definition) is 3. The van der Waals surface area contributed by atoms with Gasteiger partial charge in [0.1, 0.15) is 5.76 Å². The maximum absolute atomic E-state index is 12.6. The highest BCUT2D eigenvalue weighted by atomic mass is 16.3. The second-order valence-electron chi connectivity index (χ2n) is 6.55. The SMILES string of the molecule is C=C/C(C)=C(/C(C)=O)C(/C(=C/C(C)=C\C)C(=C)O)c1ccc(C#N)cc1C. The highest BCUT2D eigenvalue weighted by molar-refractivity contribution is 5.97. The van der Waals surface area contributed by atoms with Crippen molar-refractivity contribution in [2.45, 2.75) is 40.5 Å². The number of nitrogens with zero attached hydrogens (tertiary/aromatic N) is 1. The Hall–Kier alpha value is -3.12. The Labute approximate surface area is 162 Å². The fraction of sp³-hybridized carbons (Fsp3) is 0.250. The van der Waals surface area contributed by atoms with E-state index in [0.717, 1.165) is 22.3 Å². The smallest absolute Gasteiger partial charge is 0.157 e. The average molecular weight is 361 g/mol. The van der Waals surface area contributed by atoms with Gasteiger partial charge in [0.15, 0.2) is 5.78 Å². The summed E-state index contributed by atoms with van der Waals surface area (Å²) in [4.78, 5) is 12.6. The molecule has 140 valence electrons. The molecule has 0 radical (unpaired) electrons. The van der Waals surface area contributed by atoms with Crippen molar-refractivity contribution < 1.29 is 9.90 Å². The van der Waals surface area contributed by atoms with Crippen molar-refractivity contribution in [3.63, 3.8) is 0 Å². The van der Waals surface area contributed by atoms with Gasteiger partial charge in [0.25, 0.3) is 0 Å². The van der Waals surface area contributed by atoms with E-state index in [1.165, 1.54) is 6.92 Å². The van der Waals surface area contributed by atoms with Crippen LogP contribution < -0.4 is 0 Å². The summed E-state index contributed by atoms with van der Waals surface area (Å²) in [7, 11) is 0. The first-order valence-electron chi connectivity index (χ1n) is 8.75. The van der Waals surface area contributed by atoms with E-state index in [0.29, 0.717) is 16.7 Å². The Balaban J connectivity index is 3.96. The zero-order valence-corrected chi connectivity index (χ0v) is 16.8. The normalized spacial score (nSPS) is 14.1. The molecule has 0 saturated carbocycles. The lowest BCUT2D eigenvalue weighted by Gasteiger charge is -2.26. The van der Waals surface area contributed by atoms with Crippen LogP contribution in [0, 0.1) is 18.3 Å². The first-order valence-corrected chi connectivity index (χ1v) is 8.75. The van der Waals surface area contributed by atoms with Crippen LogP contribution in [0.25, 0.3) is 0 Å². The van der Waals surface area contributed by atoms with Crippen LogP contribution in [-0.4, -0.2) is 10.9 Å². The average Bonchev–Trinajstić information content (AvgIpc) is 2.63. The van der Waals surface area contributed by atoms with Crippen molar-refractivity contribution in [2.24, 2.45) is 0 Å². The summed E-state index contributed by atoms with van der Waals surface area (Å²) in [5.41, 5.74) is 5.01. The largest absolute Gasteiger partial charge is 0.508 e. The molecular weight excluding hydrogens is 334 g/mol. The summed E-state index contributed by atoms with van der Waals surface area (Å²) in [6, 6.07) is 7.46. The number of ketones is 1. The van der Waals surface area contributed by atoms with Crippen LogP contribution in [0.3, 0.4) is 0 Å². The number of rotatable bonds is 7. The summed E-state index contributed by atoms with van der Waals surface area (Å²) >= 11 is 0. The number of aryl methyl sites for hydroxylation is 1. The van der Waals surface area contributed by atoms with Crippen LogP contribution in [0.1, 0.15) is 50.3 Å². The zero-order valence-electron chi connectivity index (χ0n) is 16.8.